The molecule has 21 heavy (non-hydrogen) atoms. The van der Waals surface area contributed by atoms with Crippen LogP contribution in [-0.2, 0) is 6.54 Å². The van der Waals surface area contributed by atoms with Crippen LogP contribution >= 0.6 is 15.9 Å². The molecule has 0 amide bonds. The van der Waals surface area contributed by atoms with Gasteiger partial charge in [-0.2, -0.15) is 0 Å². The van der Waals surface area contributed by atoms with E-state index in [9.17, 15) is 5.11 Å². The highest BCUT2D eigenvalue weighted by molar-refractivity contribution is 9.10. The summed E-state index contributed by atoms with van der Waals surface area (Å²) in [5, 5.41) is 10.4. The molecule has 2 heterocycles. The number of nitrogens with zero attached hydrogens (tertiary/aromatic N) is 3. The first-order valence-corrected chi connectivity index (χ1v) is 7.38. The Hall–Kier alpha value is -1.98. The van der Waals surface area contributed by atoms with E-state index in [1.54, 1.807) is 18.6 Å². The van der Waals surface area contributed by atoms with Gasteiger partial charge in [-0.15, -0.1) is 0 Å². The smallest absolute Gasteiger partial charge is 0.141 e. The highest BCUT2D eigenvalue weighted by Crippen LogP contribution is 2.22. The van der Waals surface area contributed by atoms with Crippen LogP contribution in [0.5, 0.6) is 0 Å². The predicted octanol–water partition coefficient (Wildman–Crippen LogP) is 3.44. The van der Waals surface area contributed by atoms with Crippen LogP contribution in [0.2, 0.25) is 0 Å². The monoisotopic (exact) mass is 343 g/mol. The molecule has 0 saturated heterocycles. The number of benzene rings is 1. The van der Waals surface area contributed by atoms with Crippen LogP contribution in [-0.4, -0.2) is 19.6 Å². The third-order valence-electron chi connectivity index (χ3n) is 3.24. The molecule has 0 aliphatic rings. The number of aliphatic hydroxyl groups excluding tert-OH is 1. The highest BCUT2D eigenvalue weighted by atomic mass is 79.9. The number of pyridine rings is 1. The fourth-order valence-corrected chi connectivity index (χ4v) is 2.63. The van der Waals surface area contributed by atoms with Gasteiger partial charge in [0.15, 0.2) is 0 Å². The van der Waals surface area contributed by atoms with Crippen molar-refractivity contribution in [3.05, 3.63) is 71.2 Å². The van der Waals surface area contributed by atoms with E-state index < -0.39 is 6.10 Å². The molecule has 106 valence electrons. The first kappa shape index (κ1) is 14.0. The molecule has 0 spiro atoms. The average molecular weight is 344 g/mol. The van der Waals surface area contributed by atoms with Gasteiger partial charge in [-0.25, -0.2) is 4.98 Å². The third-order valence-corrected chi connectivity index (χ3v) is 3.73. The van der Waals surface area contributed by atoms with Gasteiger partial charge in [0.05, 0.1) is 12.6 Å². The van der Waals surface area contributed by atoms with Crippen molar-refractivity contribution in [3.8, 4) is 11.4 Å². The lowest BCUT2D eigenvalue weighted by Gasteiger charge is -2.14. The molecule has 4 nitrogen and oxygen atoms in total. The molecule has 0 aliphatic heterocycles. The Balaban J connectivity index is 1.85. The normalized spacial score (nSPS) is 12.3. The summed E-state index contributed by atoms with van der Waals surface area (Å²) in [6, 6.07) is 11.5. The minimum Gasteiger partial charge on any atom is -0.387 e. The van der Waals surface area contributed by atoms with Crippen molar-refractivity contribution in [2.75, 3.05) is 0 Å². The fourth-order valence-electron chi connectivity index (χ4n) is 2.22. The Morgan fingerprint density at radius 2 is 2.10 bits per heavy atom. The van der Waals surface area contributed by atoms with Gasteiger partial charge in [-0.1, -0.05) is 28.1 Å². The van der Waals surface area contributed by atoms with Crippen molar-refractivity contribution in [3.63, 3.8) is 0 Å². The summed E-state index contributed by atoms with van der Waals surface area (Å²) in [5.74, 6) is 0.803. The lowest BCUT2D eigenvalue weighted by Crippen LogP contribution is -2.09. The molecule has 0 bridgehead atoms. The molecule has 1 atom stereocenters. The summed E-state index contributed by atoms with van der Waals surface area (Å²) in [6.07, 6.45) is 6.50. The Bertz CT molecular complexity index is 727. The molecule has 1 N–H and O–H groups in total. The van der Waals surface area contributed by atoms with Crippen LogP contribution in [0.25, 0.3) is 11.4 Å². The number of halogens is 1. The molecule has 1 aromatic carbocycles. The zero-order valence-electron chi connectivity index (χ0n) is 11.2. The van der Waals surface area contributed by atoms with E-state index in [4.69, 9.17) is 0 Å². The van der Waals surface area contributed by atoms with Crippen molar-refractivity contribution in [2.24, 2.45) is 0 Å². The number of hydrogen-bond acceptors (Lipinski definition) is 3. The summed E-state index contributed by atoms with van der Waals surface area (Å²) in [4.78, 5) is 8.46. The largest absolute Gasteiger partial charge is 0.387 e. The third kappa shape index (κ3) is 3.20. The lowest BCUT2D eigenvalue weighted by molar-refractivity contribution is 0.157. The zero-order valence-corrected chi connectivity index (χ0v) is 12.8. The van der Waals surface area contributed by atoms with Crippen LogP contribution < -0.4 is 0 Å². The SMILES string of the molecule is OC(Cn1ccnc1-c1cccnc1)c1cccc(Br)c1. The van der Waals surface area contributed by atoms with Gasteiger partial charge in [-0.3, -0.25) is 4.98 Å². The standard InChI is InChI=1S/C16H14BrN3O/c17-14-5-1-3-12(9-14)15(21)11-20-8-7-19-16(20)13-4-2-6-18-10-13/h1-10,15,21H,11H2. The molecule has 3 aromatic rings. The van der Waals surface area contributed by atoms with E-state index in [2.05, 4.69) is 25.9 Å². The molecule has 0 aliphatic carbocycles. The maximum atomic E-state index is 10.4. The first-order chi connectivity index (χ1) is 10.2. The van der Waals surface area contributed by atoms with Gasteiger partial charge in [0.2, 0.25) is 0 Å². The lowest BCUT2D eigenvalue weighted by atomic mass is 10.1. The van der Waals surface area contributed by atoms with E-state index in [0.29, 0.717) is 6.54 Å². The topological polar surface area (TPSA) is 50.9 Å². The van der Waals surface area contributed by atoms with Crippen molar-refractivity contribution in [1.82, 2.24) is 14.5 Å². The highest BCUT2D eigenvalue weighted by Gasteiger charge is 2.12. The van der Waals surface area contributed by atoms with E-state index >= 15 is 0 Å². The van der Waals surface area contributed by atoms with Gasteiger partial charge < -0.3 is 9.67 Å². The summed E-state index contributed by atoms with van der Waals surface area (Å²) in [6.45, 7) is 0.445. The number of imidazole rings is 1. The van der Waals surface area contributed by atoms with Gasteiger partial charge in [0, 0.05) is 34.8 Å². The second kappa shape index (κ2) is 6.20. The minimum atomic E-state index is -0.591. The predicted molar refractivity (Wildman–Crippen MR) is 84.6 cm³/mol. The maximum absolute atomic E-state index is 10.4. The van der Waals surface area contributed by atoms with E-state index in [0.717, 1.165) is 21.4 Å². The Morgan fingerprint density at radius 1 is 1.19 bits per heavy atom. The Morgan fingerprint density at radius 3 is 2.86 bits per heavy atom. The van der Waals surface area contributed by atoms with Crippen LogP contribution in [0.1, 0.15) is 11.7 Å². The molecule has 3 rings (SSSR count). The Kier molecular flexibility index (Phi) is 4.13. The number of aliphatic hydroxyl groups is 1. The summed E-state index contributed by atoms with van der Waals surface area (Å²) in [7, 11) is 0. The first-order valence-electron chi connectivity index (χ1n) is 6.59. The molecule has 1 unspecified atom stereocenters. The quantitative estimate of drug-likeness (QED) is 0.789. The second-order valence-corrected chi connectivity index (χ2v) is 5.63. The van der Waals surface area contributed by atoms with Gasteiger partial charge in [0.25, 0.3) is 0 Å². The molecular formula is C16H14BrN3O. The summed E-state index contributed by atoms with van der Waals surface area (Å²) in [5.41, 5.74) is 1.80. The minimum absolute atomic E-state index is 0.445. The number of rotatable bonds is 4. The molecule has 2 aromatic heterocycles. The average Bonchev–Trinajstić information content (AvgIpc) is 2.96. The number of aromatic nitrogens is 3. The van der Waals surface area contributed by atoms with Crippen molar-refractivity contribution in [1.29, 1.82) is 0 Å². The second-order valence-electron chi connectivity index (χ2n) is 4.72. The number of hydrogen-bond donors (Lipinski definition) is 1. The molecule has 0 saturated carbocycles. The van der Waals surface area contributed by atoms with Crippen LogP contribution in [0.3, 0.4) is 0 Å². The summed E-state index contributed by atoms with van der Waals surface area (Å²) < 4.78 is 2.89. The van der Waals surface area contributed by atoms with Crippen molar-refractivity contribution >= 4 is 15.9 Å². The van der Waals surface area contributed by atoms with E-state index in [-0.39, 0.29) is 0 Å². The van der Waals surface area contributed by atoms with E-state index in [1.165, 1.54) is 0 Å². The van der Waals surface area contributed by atoms with Crippen LogP contribution in [0, 0.1) is 0 Å². The fraction of sp³-hybridized carbons (Fsp3) is 0.125. The molecule has 0 fully saturated rings. The van der Waals surface area contributed by atoms with Gasteiger partial charge in [0.1, 0.15) is 5.82 Å². The van der Waals surface area contributed by atoms with Crippen LogP contribution in [0.4, 0.5) is 0 Å². The van der Waals surface area contributed by atoms with Crippen molar-refractivity contribution in [2.45, 2.75) is 12.6 Å². The van der Waals surface area contributed by atoms with Gasteiger partial charge in [-0.05, 0) is 29.8 Å². The molecular weight excluding hydrogens is 330 g/mol. The summed E-state index contributed by atoms with van der Waals surface area (Å²) >= 11 is 3.42. The Labute approximate surface area is 131 Å². The van der Waals surface area contributed by atoms with Crippen LogP contribution in [0.15, 0.2) is 65.7 Å². The molecule has 0 radical (unpaired) electrons. The maximum Gasteiger partial charge on any atom is 0.141 e. The molecule has 5 heteroatoms. The zero-order chi connectivity index (χ0) is 14.7. The van der Waals surface area contributed by atoms with E-state index in [1.807, 2.05) is 47.2 Å². The van der Waals surface area contributed by atoms with Crippen molar-refractivity contribution < 1.29 is 5.11 Å². The van der Waals surface area contributed by atoms with Gasteiger partial charge >= 0.3 is 0 Å².